The van der Waals surface area contributed by atoms with E-state index in [4.69, 9.17) is 5.11 Å². The van der Waals surface area contributed by atoms with E-state index in [1.165, 1.54) is 16.7 Å². The van der Waals surface area contributed by atoms with Gasteiger partial charge in [-0.25, -0.2) is 0 Å². The van der Waals surface area contributed by atoms with Crippen LogP contribution in [0.2, 0.25) is 0 Å². The molecular weight excluding hydrogens is 278 g/mol. The first-order chi connectivity index (χ1) is 10.5. The van der Waals surface area contributed by atoms with Gasteiger partial charge in [0.15, 0.2) is 0 Å². The number of nitrogens with one attached hydrogen (secondary N) is 1. The molecule has 22 heavy (non-hydrogen) atoms. The van der Waals surface area contributed by atoms with Crippen LogP contribution in [-0.2, 0) is 16.0 Å². The molecule has 0 saturated heterocycles. The molecule has 2 aliphatic rings. The molecule has 3 rings (SSSR count). The van der Waals surface area contributed by atoms with Crippen molar-refractivity contribution < 1.29 is 14.7 Å². The molecule has 1 saturated carbocycles. The Morgan fingerprint density at radius 1 is 1.18 bits per heavy atom. The Morgan fingerprint density at radius 2 is 1.95 bits per heavy atom. The number of aryl methyl sites for hydroxylation is 2. The Kier molecular flexibility index (Phi) is 4.19. The van der Waals surface area contributed by atoms with Crippen molar-refractivity contribution >= 4 is 11.9 Å². The fourth-order valence-corrected chi connectivity index (χ4v) is 3.84. The fraction of sp³-hybridized carbons (Fsp3) is 0.556. The molecule has 3 atom stereocenters. The van der Waals surface area contributed by atoms with Crippen molar-refractivity contribution in [1.82, 2.24) is 5.32 Å². The predicted molar refractivity (Wildman–Crippen MR) is 83.5 cm³/mol. The van der Waals surface area contributed by atoms with Gasteiger partial charge in [0, 0.05) is 5.92 Å². The molecule has 0 aliphatic heterocycles. The first-order valence-electron chi connectivity index (χ1n) is 8.17. The van der Waals surface area contributed by atoms with Gasteiger partial charge in [-0.3, -0.25) is 9.59 Å². The quantitative estimate of drug-likeness (QED) is 0.902. The van der Waals surface area contributed by atoms with Crippen LogP contribution in [0.25, 0.3) is 0 Å². The molecule has 0 heterocycles. The molecule has 0 spiro atoms. The van der Waals surface area contributed by atoms with Crippen LogP contribution in [0.4, 0.5) is 0 Å². The number of fused-ring (bicyclic) bond motifs is 1. The summed E-state index contributed by atoms with van der Waals surface area (Å²) in [5.74, 6) is -1.24. The summed E-state index contributed by atoms with van der Waals surface area (Å²) in [5, 5.41) is 12.3. The van der Waals surface area contributed by atoms with E-state index in [1.54, 1.807) is 0 Å². The van der Waals surface area contributed by atoms with Crippen LogP contribution in [0.3, 0.4) is 0 Å². The first kappa shape index (κ1) is 15.1. The van der Waals surface area contributed by atoms with Gasteiger partial charge in [-0.15, -0.1) is 0 Å². The molecule has 1 amide bonds. The lowest BCUT2D eigenvalue weighted by atomic mass is 9.81. The minimum absolute atomic E-state index is 0.0318. The third kappa shape index (κ3) is 3.01. The third-order valence-electron chi connectivity index (χ3n) is 5.09. The maximum absolute atomic E-state index is 12.5. The summed E-state index contributed by atoms with van der Waals surface area (Å²) in [5.41, 5.74) is 3.81. The first-order valence-corrected chi connectivity index (χ1v) is 8.17. The van der Waals surface area contributed by atoms with E-state index in [0.29, 0.717) is 12.8 Å². The fourth-order valence-electron chi connectivity index (χ4n) is 3.84. The number of rotatable bonds is 3. The summed E-state index contributed by atoms with van der Waals surface area (Å²) in [6, 6.07) is 6.49. The van der Waals surface area contributed by atoms with E-state index in [1.807, 2.05) is 0 Å². The van der Waals surface area contributed by atoms with Crippen LogP contribution in [0.5, 0.6) is 0 Å². The van der Waals surface area contributed by atoms with Crippen LogP contribution < -0.4 is 5.32 Å². The number of carboxylic acids is 1. The van der Waals surface area contributed by atoms with Gasteiger partial charge >= 0.3 is 5.97 Å². The van der Waals surface area contributed by atoms with Crippen LogP contribution in [0.1, 0.15) is 54.8 Å². The molecule has 1 aromatic rings. The van der Waals surface area contributed by atoms with Crippen LogP contribution in [-0.4, -0.2) is 17.0 Å². The summed E-state index contributed by atoms with van der Waals surface area (Å²) >= 11 is 0. The zero-order valence-electron chi connectivity index (χ0n) is 13.0. The van der Waals surface area contributed by atoms with Gasteiger partial charge in [0.1, 0.15) is 0 Å². The van der Waals surface area contributed by atoms with Gasteiger partial charge in [-0.1, -0.05) is 30.2 Å². The van der Waals surface area contributed by atoms with Crippen LogP contribution in [0.15, 0.2) is 18.2 Å². The van der Waals surface area contributed by atoms with E-state index in [2.05, 4.69) is 30.4 Å². The van der Waals surface area contributed by atoms with Crippen molar-refractivity contribution in [2.45, 2.75) is 51.5 Å². The van der Waals surface area contributed by atoms with E-state index >= 15 is 0 Å². The Labute approximate surface area is 130 Å². The number of carbonyl (C=O) groups excluding carboxylic acids is 1. The maximum atomic E-state index is 12.5. The summed E-state index contributed by atoms with van der Waals surface area (Å²) < 4.78 is 0. The van der Waals surface area contributed by atoms with Gasteiger partial charge in [0.05, 0.1) is 12.0 Å². The molecule has 2 N–H and O–H groups in total. The van der Waals surface area contributed by atoms with Crippen molar-refractivity contribution in [3.8, 4) is 0 Å². The average molecular weight is 301 g/mol. The Morgan fingerprint density at radius 3 is 2.73 bits per heavy atom. The highest BCUT2D eigenvalue weighted by molar-refractivity contribution is 5.80. The molecule has 1 aromatic carbocycles. The van der Waals surface area contributed by atoms with Crippen LogP contribution in [0, 0.1) is 18.8 Å². The zero-order valence-corrected chi connectivity index (χ0v) is 13.0. The average Bonchev–Trinajstić information content (AvgIpc) is 2.89. The molecule has 3 unspecified atom stereocenters. The number of hydrogen-bond donors (Lipinski definition) is 2. The second-order valence-corrected chi connectivity index (χ2v) is 6.70. The van der Waals surface area contributed by atoms with Crippen molar-refractivity contribution in [1.29, 1.82) is 0 Å². The topological polar surface area (TPSA) is 66.4 Å². The van der Waals surface area contributed by atoms with E-state index < -0.39 is 5.97 Å². The Hall–Kier alpha value is -1.84. The molecule has 0 aromatic heterocycles. The molecule has 118 valence electrons. The number of benzene rings is 1. The highest BCUT2D eigenvalue weighted by Crippen LogP contribution is 2.34. The lowest BCUT2D eigenvalue weighted by Gasteiger charge is -2.27. The van der Waals surface area contributed by atoms with Crippen molar-refractivity contribution in [2.75, 3.05) is 0 Å². The molecule has 4 heteroatoms. The van der Waals surface area contributed by atoms with Crippen LogP contribution >= 0.6 is 0 Å². The monoisotopic (exact) mass is 301 g/mol. The number of aliphatic carboxylic acids is 1. The van der Waals surface area contributed by atoms with Crippen molar-refractivity contribution in [3.63, 3.8) is 0 Å². The van der Waals surface area contributed by atoms with Gasteiger partial charge in [-0.05, 0) is 50.2 Å². The van der Waals surface area contributed by atoms with Gasteiger partial charge in [-0.2, -0.15) is 0 Å². The minimum atomic E-state index is -0.765. The molecule has 1 fully saturated rings. The third-order valence-corrected chi connectivity index (χ3v) is 5.09. The predicted octanol–water partition coefficient (Wildman–Crippen LogP) is 2.99. The SMILES string of the molecule is Cc1ccc2c(c1)CCC2NC(=O)C1CCCC(C(=O)O)C1. The second-order valence-electron chi connectivity index (χ2n) is 6.70. The molecule has 2 aliphatic carbocycles. The van der Waals surface area contributed by atoms with Gasteiger partial charge < -0.3 is 10.4 Å². The zero-order chi connectivity index (χ0) is 15.7. The number of amides is 1. The van der Waals surface area contributed by atoms with Gasteiger partial charge in [0.25, 0.3) is 0 Å². The smallest absolute Gasteiger partial charge is 0.306 e. The van der Waals surface area contributed by atoms with Crippen molar-refractivity contribution in [2.24, 2.45) is 11.8 Å². The molecular formula is C18H23NO3. The maximum Gasteiger partial charge on any atom is 0.306 e. The second kappa shape index (κ2) is 6.11. The highest BCUT2D eigenvalue weighted by Gasteiger charge is 2.33. The number of carboxylic acid groups (broad SMARTS) is 1. The molecule has 0 bridgehead atoms. The summed E-state index contributed by atoms with van der Waals surface area (Å²) in [6.45, 7) is 2.08. The number of carbonyl (C=O) groups is 2. The summed E-state index contributed by atoms with van der Waals surface area (Å²) in [7, 11) is 0. The number of hydrogen-bond acceptors (Lipinski definition) is 2. The molecule has 0 radical (unpaired) electrons. The van der Waals surface area contributed by atoms with Crippen molar-refractivity contribution in [3.05, 3.63) is 34.9 Å². The Bertz CT molecular complexity index is 596. The largest absolute Gasteiger partial charge is 0.481 e. The summed E-state index contributed by atoms with van der Waals surface area (Å²) in [6.07, 6.45) is 4.77. The van der Waals surface area contributed by atoms with E-state index in [9.17, 15) is 9.59 Å². The molecule has 4 nitrogen and oxygen atoms in total. The summed E-state index contributed by atoms with van der Waals surface area (Å²) in [4.78, 5) is 23.6. The lowest BCUT2D eigenvalue weighted by molar-refractivity contribution is -0.144. The van der Waals surface area contributed by atoms with E-state index in [-0.39, 0.29) is 23.8 Å². The Balaban J connectivity index is 1.65. The normalized spacial score (nSPS) is 27.2. The standard InChI is InChI=1S/C18H23NO3/c1-11-5-7-15-12(9-11)6-8-16(15)19-17(20)13-3-2-4-14(10-13)18(21)22/h5,7,9,13-14,16H,2-4,6,8,10H2,1H3,(H,19,20)(H,21,22). The highest BCUT2D eigenvalue weighted by atomic mass is 16.4. The minimum Gasteiger partial charge on any atom is -0.481 e. The lowest BCUT2D eigenvalue weighted by Crippen LogP contribution is -2.36. The van der Waals surface area contributed by atoms with E-state index in [0.717, 1.165) is 25.7 Å². The van der Waals surface area contributed by atoms with Gasteiger partial charge in [0.2, 0.25) is 5.91 Å².